The van der Waals surface area contributed by atoms with Gasteiger partial charge in [0.25, 0.3) is 0 Å². The summed E-state index contributed by atoms with van der Waals surface area (Å²) in [6.07, 6.45) is 4.57. The molecule has 5 atom stereocenters. The first kappa shape index (κ1) is 29.2. The Hall–Kier alpha value is -2.30. The summed E-state index contributed by atoms with van der Waals surface area (Å²) < 4.78 is 32.3. The third-order valence-electron chi connectivity index (χ3n) is 8.00. The van der Waals surface area contributed by atoms with Crippen LogP contribution >= 0.6 is 11.6 Å². The quantitative estimate of drug-likeness (QED) is 0.228. The van der Waals surface area contributed by atoms with Gasteiger partial charge in [0, 0.05) is 36.3 Å². The molecule has 2 fully saturated rings. The number of hydrogen-bond donors (Lipinski definition) is 3. The van der Waals surface area contributed by atoms with E-state index < -0.39 is 6.10 Å². The molecule has 1 aliphatic carbocycles. The summed E-state index contributed by atoms with van der Waals surface area (Å²) in [5, 5.41) is 22.9. The number of ether oxygens (including phenoxy) is 3. The molecule has 2 aliphatic heterocycles. The van der Waals surface area contributed by atoms with Crippen LogP contribution in [0.15, 0.2) is 23.2 Å². The second-order valence-corrected chi connectivity index (χ2v) is 11.4. The van der Waals surface area contributed by atoms with Gasteiger partial charge >= 0.3 is 0 Å². The number of aliphatic hydroxyl groups is 2. The summed E-state index contributed by atoms with van der Waals surface area (Å²) in [6, 6.07) is 4.87. The fourth-order valence-electron chi connectivity index (χ4n) is 5.95. The average Bonchev–Trinajstić information content (AvgIpc) is 3.62. The summed E-state index contributed by atoms with van der Waals surface area (Å²) in [4.78, 5) is 9.75. The average molecular weight is 576 g/mol. The highest BCUT2D eigenvalue weighted by atomic mass is 35.5. The summed E-state index contributed by atoms with van der Waals surface area (Å²) in [6.45, 7) is 5.37. The maximum Gasteiger partial charge on any atom is 0.157 e. The summed E-state index contributed by atoms with van der Waals surface area (Å²) in [7, 11) is 0. The highest BCUT2D eigenvalue weighted by Gasteiger charge is 2.46. The Labute approximate surface area is 239 Å². The van der Waals surface area contributed by atoms with E-state index in [0.717, 1.165) is 42.5 Å². The van der Waals surface area contributed by atoms with Crippen molar-refractivity contribution in [2.75, 3.05) is 31.7 Å². The van der Waals surface area contributed by atoms with Gasteiger partial charge in [0.15, 0.2) is 5.82 Å². The third-order valence-corrected chi connectivity index (χ3v) is 8.29. The zero-order chi connectivity index (χ0) is 28.2. The number of hydrogen-bond acceptors (Lipinski definition) is 8. The fourth-order valence-corrected chi connectivity index (χ4v) is 6.21. The molecule has 1 aromatic heterocycles. The van der Waals surface area contributed by atoms with Crippen LogP contribution in [0.25, 0.3) is 0 Å². The number of nitrogens with one attached hydrogen (secondary N) is 1. The van der Waals surface area contributed by atoms with Crippen molar-refractivity contribution >= 4 is 28.9 Å². The minimum absolute atomic E-state index is 0.0338. The Balaban J connectivity index is 1.30. The van der Waals surface area contributed by atoms with E-state index >= 15 is 4.39 Å². The number of fused-ring (bicyclic) bond motifs is 2. The lowest BCUT2D eigenvalue weighted by Gasteiger charge is -2.18. The number of pyridine rings is 1. The van der Waals surface area contributed by atoms with Gasteiger partial charge in [0.2, 0.25) is 0 Å². The molecule has 3 aliphatic rings. The van der Waals surface area contributed by atoms with Crippen molar-refractivity contribution in [2.24, 2.45) is 10.9 Å². The van der Waals surface area contributed by atoms with Crippen molar-refractivity contribution in [1.29, 1.82) is 0 Å². The van der Waals surface area contributed by atoms with Gasteiger partial charge in [-0.2, -0.15) is 0 Å². The molecule has 8 nitrogen and oxygen atoms in total. The minimum Gasteiger partial charge on any atom is -0.493 e. The zero-order valence-corrected chi connectivity index (χ0v) is 23.9. The Morgan fingerprint density at radius 1 is 1.23 bits per heavy atom. The summed E-state index contributed by atoms with van der Waals surface area (Å²) >= 11 is 6.60. The van der Waals surface area contributed by atoms with Crippen molar-refractivity contribution in [3.8, 4) is 5.75 Å². The van der Waals surface area contributed by atoms with E-state index in [1.807, 2.05) is 19.1 Å². The first-order valence-corrected chi connectivity index (χ1v) is 14.7. The van der Waals surface area contributed by atoms with E-state index in [9.17, 15) is 5.11 Å². The van der Waals surface area contributed by atoms with Crippen LogP contribution in [0.2, 0.25) is 5.02 Å². The third kappa shape index (κ3) is 6.44. The summed E-state index contributed by atoms with van der Waals surface area (Å²) in [5.74, 6) is 1.48. The largest absolute Gasteiger partial charge is 0.493 e. The number of benzene rings is 1. The molecule has 3 N–H and O–H groups in total. The van der Waals surface area contributed by atoms with Gasteiger partial charge in [0.05, 0.1) is 37.0 Å². The lowest BCUT2D eigenvalue weighted by Crippen LogP contribution is -2.29. The number of aliphatic imine (C=N–C) groups is 1. The predicted molar refractivity (Wildman–Crippen MR) is 152 cm³/mol. The smallest absolute Gasteiger partial charge is 0.157 e. The molecule has 218 valence electrons. The van der Waals surface area contributed by atoms with Gasteiger partial charge in [-0.15, -0.1) is 0 Å². The lowest BCUT2D eigenvalue weighted by atomic mass is 9.94. The van der Waals surface area contributed by atoms with Crippen LogP contribution in [0.3, 0.4) is 0 Å². The maximum absolute atomic E-state index is 15.2. The topological polar surface area (TPSA) is 105 Å². The second-order valence-electron chi connectivity index (χ2n) is 11.0. The molecule has 1 unspecified atom stereocenters. The van der Waals surface area contributed by atoms with Crippen LogP contribution in [0.1, 0.15) is 68.2 Å². The summed E-state index contributed by atoms with van der Waals surface area (Å²) in [5.41, 5.74) is 3.44. The van der Waals surface area contributed by atoms with Gasteiger partial charge in [-0.3, -0.25) is 0 Å². The molecule has 0 bridgehead atoms. The van der Waals surface area contributed by atoms with Crippen LogP contribution in [0, 0.1) is 18.7 Å². The number of nitrogens with zero attached hydrogens (tertiary/aromatic N) is 2. The van der Waals surface area contributed by atoms with Gasteiger partial charge in [0.1, 0.15) is 29.6 Å². The van der Waals surface area contributed by atoms with Gasteiger partial charge in [-0.25, -0.2) is 14.4 Å². The predicted octanol–water partition coefficient (Wildman–Crippen LogP) is 5.47. The molecular weight excluding hydrogens is 537 g/mol. The van der Waals surface area contributed by atoms with Crippen molar-refractivity contribution in [1.82, 2.24) is 4.98 Å². The number of aliphatic hydroxyl groups excluding tert-OH is 2. The zero-order valence-electron chi connectivity index (χ0n) is 23.2. The molecule has 0 amide bonds. The Morgan fingerprint density at radius 2 is 2.05 bits per heavy atom. The minimum atomic E-state index is -0.543. The Bertz CT molecular complexity index is 1230. The first-order chi connectivity index (χ1) is 19.4. The normalized spacial score (nSPS) is 25.8. The van der Waals surface area contributed by atoms with Crippen LogP contribution in [0.4, 0.5) is 16.0 Å². The van der Waals surface area contributed by atoms with Crippen LogP contribution in [0.5, 0.6) is 5.75 Å². The number of aromatic nitrogens is 1. The number of rotatable bonds is 12. The van der Waals surface area contributed by atoms with Crippen molar-refractivity contribution < 1.29 is 28.8 Å². The van der Waals surface area contributed by atoms with E-state index in [-0.39, 0.29) is 36.6 Å². The molecule has 5 rings (SSSR count). The maximum atomic E-state index is 15.2. The van der Waals surface area contributed by atoms with Crippen molar-refractivity contribution in [2.45, 2.75) is 83.1 Å². The fraction of sp³-hybridized carbons (Fsp3) is 0.600. The first-order valence-electron chi connectivity index (χ1n) is 14.3. The van der Waals surface area contributed by atoms with E-state index in [4.69, 9.17) is 40.9 Å². The van der Waals surface area contributed by atoms with Crippen molar-refractivity contribution in [3.63, 3.8) is 0 Å². The number of aryl methyl sites for hydroxylation is 2. The molecule has 0 spiro atoms. The molecule has 0 radical (unpaired) electrons. The van der Waals surface area contributed by atoms with Gasteiger partial charge in [-0.05, 0) is 62.3 Å². The number of halogens is 2. The molecule has 3 heterocycles. The highest BCUT2D eigenvalue weighted by Crippen LogP contribution is 2.40. The molecular formula is C30H39ClFN3O5. The van der Waals surface area contributed by atoms with Crippen LogP contribution in [-0.2, 0) is 15.9 Å². The molecule has 0 saturated carbocycles. The monoisotopic (exact) mass is 575 g/mol. The molecule has 40 heavy (non-hydrogen) atoms. The molecule has 2 saturated heterocycles. The Morgan fingerprint density at radius 3 is 2.85 bits per heavy atom. The second kappa shape index (κ2) is 13.1. The van der Waals surface area contributed by atoms with E-state index in [0.29, 0.717) is 67.1 Å². The number of anilines is 1. The van der Waals surface area contributed by atoms with E-state index in [1.165, 1.54) is 6.07 Å². The highest BCUT2D eigenvalue weighted by molar-refractivity contribution is 6.33. The SMILES string of the molecule is CCCC(CC[C@@H]1CO[C@H]2[C@@H]1OC[C@H]2O)=Nc1nc(NC2CCc3cc(OCCCO)cc(F)c32)c(Cl)cc1C. The van der Waals surface area contributed by atoms with Gasteiger partial charge in [-0.1, -0.05) is 24.9 Å². The molecule has 10 heteroatoms. The lowest BCUT2D eigenvalue weighted by molar-refractivity contribution is 0.0167. The molecule has 2 aromatic rings. The van der Waals surface area contributed by atoms with Gasteiger partial charge < -0.3 is 29.7 Å². The molecule has 1 aromatic carbocycles. The van der Waals surface area contributed by atoms with E-state index in [1.54, 1.807) is 0 Å². The standard InChI is InChI=1S/C30H39ClFN3O5/c1-3-5-20(8-6-19-15-39-28-25(37)16-40-27(19)28)33-29-17(2)12-22(31)30(35-29)34-24-9-7-18-13-21(38-11-4-10-36)14-23(32)26(18)24/h12-14,19,24-25,27-28,36-37H,3-11,15-16H2,1-2H3,(H,34,35)/t19-,24?,25-,27-,28-/m1/s1. The Kier molecular flexibility index (Phi) is 9.58. The van der Waals surface area contributed by atoms with E-state index in [2.05, 4.69) is 12.2 Å². The van der Waals surface area contributed by atoms with Crippen LogP contribution < -0.4 is 10.1 Å². The van der Waals surface area contributed by atoms with Crippen molar-refractivity contribution in [3.05, 3.63) is 45.7 Å². The van der Waals surface area contributed by atoms with Crippen LogP contribution in [-0.4, -0.2) is 65.6 Å².